The number of hydrogen-bond acceptors (Lipinski definition) is 4. The number of nitrogens with zero attached hydrogens (tertiary/aromatic N) is 2. The summed E-state index contributed by atoms with van der Waals surface area (Å²) in [5.41, 5.74) is -0.0104. The fourth-order valence-corrected chi connectivity index (χ4v) is 1.99. The fourth-order valence-electron chi connectivity index (χ4n) is 1.99. The van der Waals surface area contributed by atoms with E-state index in [9.17, 15) is 15.2 Å². The second-order valence-electron chi connectivity index (χ2n) is 4.92. The highest BCUT2D eigenvalue weighted by atomic mass is 16.6. The van der Waals surface area contributed by atoms with Crippen molar-refractivity contribution < 1.29 is 14.7 Å². The van der Waals surface area contributed by atoms with E-state index in [0.717, 1.165) is 5.06 Å². The summed E-state index contributed by atoms with van der Waals surface area (Å²) >= 11 is 0. The first-order valence-corrected chi connectivity index (χ1v) is 5.75. The Labute approximate surface area is 106 Å². The van der Waals surface area contributed by atoms with Crippen LogP contribution in [0.3, 0.4) is 0 Å². The van der Waals surface area contributed by atoms with Gasteiger partial charge in [0.2, 0.25) is 5.78 Å². The maximum Gasteiger partial charge on any atom is 0.305 e. The van der Waals surface area contributed by atoms with E-state index < -0.39 is 17.5 Å². The van der Waals surface area contributed by atoms with Crippen molar-refractivity contribution in [3.05, 3.63) is 41.1 Å². The zero-order valence-electron chi connectivity index (χ0n) is 10.6. The lowest BCUT2D eigenvalue weighted by Crippen LogP contribution is -2.48. The number of rotatable bonds is 2. The Morgan fingerprint density at radius 1 is 1.39 bits per heavy atom. The molecule has 1 aliphatic rings. The van der Waals surface area contributed by atoms with Crippen molar-refractivity contribution >= 4 is 11.5 Å². The summed E-state index contributed by atoms with van der Waals surface area (Å²) in [6.07, 6.45) is -1.21. The number of hydrogen-bond donors (Lipinski definition) is 1. The van der Waals surface area contributed by atoms with Crippen LogP contribution in [0.1, 0.15) is 31.1 Å². The van der Waals surface area contributed by atoms with Crippen LogP contribution in [0.5, 0.6) is 0 Å². The van der Waals surface area contributed by atoms with Crippen LogP contribution in [0.2, 0.25) is 0 Å². The van der Waals surface area contributed by atoms with Crippen molar-refractivity contribution in [1.82, 2.24) is 5.06 Å². The average molecular weight is 248 g/mol. The summed E-state index contributed by atoms with van der Waals surface area (Å²) in [7, 11) is 0. The quantitative estimate of drug-likeness (QED) is 0.491. The lowest BCUT2D eigenvalue weighted by atomic mass is 10.0. The molecule has 1 N–H and O–H groups in total. The Morgan fingerprint density at radius 3 is 2.39 bits per heavy atom. The third-order valence-corrected chi connectivity index (χ3v) is 3.54. The molecular formula is C13H16N2O3. The van der Waals surface area contributed by atoms with E-state index in [0.29, 0.717) is 16.0 Å². The minimum atomic E-state index is -1.21. The maximum atomic E-state index is 12.2. The van der Waals surface area contributed by atoms with Gasteiger partial charge >= 0.3 is 6.17 Å². The highest BCUT2D eigenvalue weighted by molar-refractivity contribution is 6.01. The van der Waals surface area contributed by atoms with Gasteiger partial charge in [0.25, 0.3) is 0 Å². The number of benzene rings is 1. The van der Waals surface area contributed by atoms with E-state index in [2.05, 4.69) is 0 Å². The molecule has 0 amide bonds. The van der Waals surface area contributed by atoms with Crippen LogP contribution in [0, 0.1) is 5.21 Å². The Bertz CT molecular complexity index is 508. The van der Waals surface area contributed by atoms with E-state index in [-0.39, 0.29) is 0 Å². The summed E-state index contributed by atoms with van der Waals surface area (Å²) in [6.45, 7) is 5.02. The van der Waals surface area contributed by atoms with E-state index in [1.807, 2.05) is 0 Å². The molecule has 0 radical (unpaired) electrons. The smallest absolute Gasteiger partial charge is 0.305 e. The molecule has 1 heterocycles. The first-order chi connectivity index (χ1) is 8.37. The molecule has 1 aromatic rings. The van der Waals surface area contributed by atoms with Gasteiger partial charge in [-0.25, -0.2) is 0 Å². The third-order valence-electron chi connectivity index (χ3n) is 3.54. The van der Waals surface area contributed by atoms with Crippen LogP contribution < -0.4 is 0 Å². The van der Waals surface area contributed by atoms with Crippen molar-refractivity contribution in [2.75, 3.05) is 0 Å². The van der Waals surface area contributed by atoms with E-state index in [1.54, 1.807) is 51.1 Å². The largest absolute Gasteiger partial charge is 0.622 e. The zero-order valence-corrected chi connectivity index (χ0v) is 10.6. The van der Waals surface area contributed by atoms with Crippen LogP contribution in [0.25, 0.3) is 0 Å². The number of carbonyl (C=O) groups is 1. The van der Waals surface area contributed by atoms with Gasteiger partial charge in [-0.1, -0.05) is 30.3 Å². The molecule has 0 saturated carbocycles. The standard InChI is InChI=1S/C13H16N2O3/c1-9-13(2,3)15(18)12(14(9)17)11(16)10-7-5-4-6-8-10/h4-8,12,18H,1-3H3. The van der Waals surface area contributed by atoms with Crippen LogP contribution in [-0.2, 0) is 0 Å². The van der Waals surface area contributed by atoms with Gasteiger partial charge in [-0.2, -0.15) is 4.74 Å². The molecule has 5 nitrogen and oxygen atoms in total. The van der Waals surface area contributed by atoms with Crippen molar-refractivity contribution in [2.24, 2.45) is 0 Å². The minimum Gasteiger partial charge on any atom is -0.622 e. The lowest BCUT2D eigenvalue weighted by Gasteiger charge is -2.24. The molecule has 2 rings (SSSR count). The lowest BCUT2D eigenvalue weighted by molar-refractivity contribution is -0.517. The van der Waals surface area contributed by atoms with Gasteiger partial charge in [0, 0.05) is 12.5 Å². The topological polar surface area (TPSA) is 66.6 Å². The summed E-state index contributed by atoms with van der Waals surface area (Å²) in [4.78, 5) is 12.2. The summed E-state index contributed by atoms with van der Waals surface area (Å²) in [5, 5.41) is 22.9. The highest BCUT2D eigenvalue weighted by Crippen LogP contribution is 2.26. The van der Waals surface area contributed by atoms with Gasteiger partial charge in [0.1, 0.15) is 5.54 Å². The predicted molar refractivity (Wildman–Crippen MR) is 66.6 cm³/mol. The number of hydroxylamine groups is 3. The molecule has 96 valence electrons. The Balaban J connectivity index is 2.39. The van der Waals surface area contributed by atoms with E-state index in [1.165, 1.54) is 0 Å². The third kappa shape index (κ3) is 1.72. The van der Waals surface area contributed by atoms with Crippen molar-refractivity contribution in [1.29, 1.82) is 0 Å². The van der Waals surface area contributed by atoms with E-state index >= 15 is 0 Å². The van der Waals surface area contributed by atoms with Gasteiger partial charge in [0.15, 0.2) is 5.71 Å². The summed E-state index contributed by atoms with van der Waals surface area (Å²) < 4.78 is 0.579. The normalized spacial score (nSPS) is 23.4. The zero-order chi connectivity index (χ0) is 13.5. The molecule has 0 aliphatic carbocycles. The second-order valence-corrected chi connectivity index (χ2v) is 4.92. The van der Waals surface area contributed by atoms with Crippen molar-refractivity contribution in [2.45, 2.75) is 32.5 Å². The minimum absolute atomic E-state index is 0.405. The molecule has 0 aromatic heterocycles. The number of carbonyl (C=O) groups excluding carboxylic acids is 1. The molecule has 0 fully saturated rings. The van der Waals surface area contributed by atoms with Crippen LogP contribution in [0.4, 0.5) is 0 Å². The van der Waals surface area contributed by atoms with E-state index in [4.69, 9.17) is 0 Å². The fraction of sp³-hybridized carbons (Fsp3) is 0.385. The van der Waals surface area contributed by atoms with Gasteiger partial charge in [-0.05, 0) is 13.8 Å². The Hall–Kier alpha value is -1.72. The molecular weight excluding hydrogens is 232 g/mol. The Morgan fingerprint density at radius 2 is 1.94 bits per heavy atom. The predicted octanol–water partition coefficient (Wildman–Crippen LogP) is 1.65. The average Bonchev–Trinajstić information content (AvgIpc) is 2.51. The molecule has 1 aliphatic heterocycles. The first kappa shape index (κ1) is 12.7. The number of Topliss-reactive ketones (excluding diaryl/α,β-unsaturated/α-hetero) is 1. The first-order valence-electron chi connectivity index (χ1n) is 5.75. The van der Waals surface area contributed by atoms with Crippen LogP contribution >= 0.6 is 0 Å². The SMILES string of the molecule is CC1=[N+]([O-])C(C(=O)c2ccccc2)N(O)C1(C)C. The molecule has 18 heavy (non-hydrogen) atoms. The van der Waals surface area contributed by atoms with Crippen LogP contribution in [-0.4, -0.2) is 38.2 Å². The molecule has 1 unspecified atom stereocenters. The molecule has 0 saturated heterocycles. The molecule has 1 atom stereocenters. The summed E-state index contributed by atoms with van der Waals surface area (Å²) in [6, 6.07) is 8.50. The van der Waals surface area contributed by atoms with Gasteiger partial charge in [-0.3, -0.25) is 4.79 Å². The molecule has 0 spiro atoms. The van der Waals surface area contributed by atoms with Crippen LogP contribution in [0.15, 0.2) is 30.3 Å². The van der Waals surface area contributed by atoms with Crippen molar-refractivity contribution in [3.8, 4) is 0 Å². The second kappa shape index (κ2) is 4.19. The van der Waals surface area contributed by atoms with Gasteiger partial charge in [-0.15, -0.1) is 5.06 Å². The maximum absolute atomic E-state index is 12.2. The highest BCUT2D eigenvalue weighted by Gasteiger charge is 2.52. The molecule has 0 bridgehead atoms. The molecule has 5 heteroatoms. The summed E-state index contributed by atoms with van der Waals surface area (Å²) in [5.74, 6) is -0.405. The number of ketones is 1. The Kier molecular flexibility index (Phi) is 2.96. The molecule has 1 aromatic carbocycles. The van der Waals surface area contributed by atoms with Gasteiger partial charge in [0.05, 0.1) is 0 Å². The van der Waals surface area contributed by atoms with Gasteiger partial charge < -0.3 is 10.4 Å². The monoisotopic (exact) mass is 248 g/mol. The van der Waals surface area contributed by atoms with Crippen molar-refractivity contribution in [3.63, 3.8) is 0 Å².